The minimum atomic E-state index is -0.989. The summed E-state index contributed by atoms with van der Waals surface area (Å²) in [7, 11) is 0. The van der Waals surface area contributed by atoms with E-state index in [4.69, 9.17) is 4.74 Å². The normalized spacial score (nSPS) is 11.4. The van der Waals surface area contributed by atoms with E-state index in [0.717, 1.165) is 6.54 Å². The van der Waals surface area contributed by atoms with Gasteiger partial charge in [0.1, 0.15) is 17.9 Å². The molecule has 0 saturated carbocycles. The van der Waals surface area contributed by atoms with E-state index in [9.17, 15) is 9.90 Å². The lowest BCUT2D eigenvalue weighted by Gasteiger charge is -2.30. The number of halogens is 1. The number of aromatic carboxylic acids is 1. The first kappa shape index (κ1) is 17.0. The molecule has 1 rings (SSSR count). The van der Waals surface area contributed by atoms with Crippen LogP contribution in [0.15, 0.2) is 22.7 Å². The van der Waals surface area contributed by atoms with Crippen molar-refractivity contribution in [1.29, 1.82) is 0 Å². The third-order valence-electron chi connectivity index (χ3n) is 3.12. The van der Waals surface area contributed by atoms with Gasteiger partial charge in [0.05, 0.1) is 0 Å². The van der Waals surface area contributed by atoms with Gasteiger partial charge in [-0.15, -0.1) is 0 Å². The highest BCUT2D eigenvalue weighted by Gasteiger charge is 2.17. The van der Waals surface area contributed by atoms with Crippen LogP contribution in [-0.4, -0.2) is 41.2 Å². The average Bonchev–Trinajstić information content (AvgIpc) is 2.33. The van der Waals surface area contributed by atoms with Crippen molar-refractivity contribution in [1.82, 2.24) is 4.90 Å². The molecule has 4 nitrogen and oxygen atoms in total. The topological polar surface area (TPSA) is 49.8 Å². The molecule has 1 aromatic rings. The third kappa shape index (κ3) is 4.49. The zero-order valence-electron chi connectivity index (χ0n) is 12.4. The largest absolute Gasteiger partial charge is 0.491 e. The fourth-order valence-electron chi connectivity index (χ4n) is 2.21. The maximum atomic E-state index is 11.2. The molecule has 0 aliphatic rings. The molecule has 0 saturated heterocycles. The summed E-state index contributed by atoms with van der Waals surface area (Å²) in [5.74, 6) is -0.587. The van der Waals surface area contributed by atoms with E-state index >= 15 is 0 Å². The first-order valence-corrected chi connectivity index (χ1v) is 7.54. The Hall–Kier alpha value is -1.07. The van der Waals surface area contributed by atoms with Gasteiger partial charge in [-0.05, 0) is 55.8 Å². The van der Waals surface area contributed by atoms with E-state index in [1.165, 1.54) is 0 Å². The van der Waals surface area contributed by atoms with Crippen LogP contribution in [0.2, 0.25) is 0 Å². The van der Waals surface area contributed by atoms with Crippen LogP contribution in [0.4, 0.5) is 0 Å². The highest BCUT2D eigenvalue weighted by molar-refractivity contribution is 9.10. The smallest absolute Gasteiger partial charge is 0.340 e. The molecule has 20 heavy (non-hydrogen) atoms. The van der Waals surface area contributed by atoms with Gasteiger partial charge in [0.2, 0.25) is 0 Å². The number of carboxylic acids is 1. The molecule has 112 valence electrons. The van der Waals surface area contributed by atoms with Crippen molar-refractivity contribution in [2.24, 2.45) is 0 Å². The van der Waals surface area contributed by atoms with Crippen molar-refractivity contribution < 1.29 is 14.6 Å². The number of rotatable bonds is 7. The summed E-state index contributed by atoms with van der Waals surface area (Å²) in [6.45, 7) is 9.79. The second kappa shape index (κ2) is 7.64. The highest BCUT2D eigenvalue weighted by Crippen LogP contribution is 2.26. The number of ether oxygens (including phenoxy) is 1. The molecule has 0 aromatic heterocycles. The van der Waals surface area contributed by atoms with Crippen LogP contribution in [-0.2, 0) is 0 Å². The van der Waals surface area contributed by atoms with Gasteiger partial charge in [-0.25, -0.2) is 4.79 Å². The fourth-order valence-corrected chi connectivity index (χ4v) is 2.72. The van der Waals surface area contributed by atoms with E-state index in [2.05, 4.69) is 48.5 Å². The third-order valence-corrected chi connectivity index (χ3v) is 3.78. The van der Waals surface area contributed by atoms with Crippen molar-refractivity contribution in [2.75, 3.05) is 13.2 Å². The van der Waals surface area contributed by atoms with Gasteiger partial charge in [-0.2, -0.15) is 0 Å². The molecule has 0 fully saturated rings. The van der Waals surface area contributed by atoms with Crippen LogP contribution < -0.4 is 4.74 Å². The van der Waals surface area contributed by atoms with E-state index in [1.807, 2.05) is 0 Å². The van der Waals surface area contributed by atoms with Gasteiger partial charge in [-0.3, -0.25) is 4.90 Å². The molecule has 0 amide bonds. The Bertz CT molecular complexity index is 452. The van der Waals surface area contributed by atoms with Gasteiger partial charge in [0.15, 0.2) is 0 Å². The molecule has 0 atom stereocenters. The predicted molar refractivity (Wildman–Crippen MR) is 83.6 cm³/mol. The average molecular weight is 344 g/mol. The summed E-state index contributed by atoms with van der Waals surface area (Å²) in [6.07, 6.45) is 0. The van der Waals surface area contributed by atoms with Crippen LogP contribution in [0.3, 0.4) is 0 Å². The zero-order valence-corrected chi connectivity index (χ0v) is 14.0. The lowest BCUT2D eigenvalue weighted by Crippen LogP contribution is -2.39. The summed E-state index contributed by atoms with van der Waals surface area (Å²) in [4.78, 5) is 13.5. The molecule has 0 aliphatic heterocycles. The molecular formula is C15H22BrNO3. The lowest BCUT2D eigenvalue weighted by molar-refractivity contribution is 0.0689. The first-order chi connectivity index (χ1) is 9.34. The van der Waals surface area contributed by atoms with E-state index in [-0.39, 0.29) is 5.56 Å². The molecule has 5 heteroatoms. The maximum absolute atomic E-state index is 11.2. The quantitative estimate of drug-likeness (QED) is 0.820. The molecule has 0 bridgehead atoms. The number of carbonyl (C=O) groups is 1. The summed E-state index contributed by atoms with van der Waals surface area (Å²) < 4.78 is 6.19. The fraction of sp³-hybridized carbons (Fsp3) is 0.533. The van der Waals surface area contributed by atoms with Crippen molar-refractivity contribution in [3.05, 3.63) is 28.2 Å². The second-order valence-corrected chi connectivity index (χ2v) is 6.05. The van der Waals surface area contributed by atoms with Crippen molar-refractivity contribution in [3.63, 3.8) is 0 Å². The zero-order chi connectivity index (χ0) is 15.3. The highest BCUT2D eigenvalue weighted by atomic mass is 79.9. The van der Waals surface area contributed by atoms with Gasteiger partial charge in [0.25, 0.3) is 0 Å². The predicted octanol–water partition coefficient (Wildman–Crippen LogP) is 3.64. The first-order valence-electron chi connectivity index (χ1n) is 6.75. The molecular weight excluding hydrogens is 322 g/mol. The summed E-state index contributed by atoms with van der Waals surface area (Å²) >= 11 is 3.24. The molecule has 0 spiro atoms. The van der Waals surface area contributed by atoms with Crippen molar-refractivity contribution in [3.8, 4) is 5.75 Å². The number of hydrogen-bond acceptors (Lipinski definition) is 3. The summed E-state index contributed by atoms with van der Waals surface area (Å²) in [6, 6.07) is 6.02. The van der Waals surface area contributed by atoms with Gasteiger partial charge in [0, 0.05) is 23.1 Å². The molecule has 0 heterocycles. The Morgan fingerprint density at radius 1 is 1.30 bits per heavy atom. The molecule has 1 aromatic carbocycles. The standard InChI is InChI=1S/C15H22BrNO3/c1-10(2)17(11(3)4)8-9-20-13-7-5-6-12(16)14(13)15(18)19/h5-7,10-11H,8-9H2,1-4H3,(H,18,19). The van der Waals surface area contributed by atoms with Crippen LogP contribution >= 0.6 is 15.9 Å². The van der Waals surface area contributed by atoms with Crippen LogP contribution in [0, 0.1) is 0 Å². The monoisotopic (exact) mass is 343 g/mol. The SMILES string of the molecule is CC(C)N(CCOc1cccc(Br)c1C(=O)O)C(C)C. The van der Waals surface area contributed by atoms with Crippen molar-refractivity contribution >= 4 is 21.9 Å². The molecule has 0 aliphatic carbocycles. The van der Waals surface area contributed by atoms with E-state index in [1.54, 1.807) is 18.2 Å². The molecule has 0 unspecified atom stereocenters. The van der Waals surface area contributed by atoms with E-state index in [0.29, 0.717) is 28.9 Å². The molecule has 1 N–H and O–H groups in total. The molecule has 0 radical (unpaired) electrons. The van der Waals surface area contributed by atoms with E-state index < -0.39 is 5.97 Å². The van der Waals surface area contributed by atoms with Gasteiger partial charge in [-0.1, -0.05) is 6.07 Å². The minimum absolute atomic E-state index is 0.174. The van der Waals surface area contributed by atoms with Crippen LogP contribution in [0.25, 0.3) is 0 Å². The number of carboxylic acid groups (broad SMARTS) is 1. The number of benzene rings is 1. The van der Waals surface area contributed by atoms with Crippen LogP contribution in [0.1, 0.15) is 38.1 Å². The number of nitrogens with zero attached hydrogens (tertiary/aromatic N) is 1. The minimum Gasteiger partial charge on any atom is -0.491 e. The van der Waals surface area contributed by atoms with Crippen LogP contribution in [0.5, 0.6) is 5.75 Å². The second-order valence-electron chi connectivity index (χ2n) is 5.19. The Labute approximate surface area is 128 Å². The summed E-state index contributed by atoms with van der Waals surface area (Å²) in [5.41, 5.74) is 0.174. The lowest BCUT2D eigenvalue weighted by atomic mass is 10.2. The summed E-state index contributed by atoms with van der Waals surface area (Å²) in [5, 5.41) is 9.21. The maximum Gasteiger partial charge on any atom is 0.340 e. The Morgan fingerprint density at radius 3 is 2.40 bits per heavy atom. The van der Waals surface area contributed by atoms with Crippen molar-refractivity contribution in [2.45, 2.75) is 39.8 Å². The number of hydrogen-bond donors (Lipinski definition) is 1. The Balaban J connectivity index is 2.71. The van der Waals surface area contributed by atoms with Gasteiger partial charge < -0.3 is 9.84 Å². The van der Waals surface area contributed by atoms with Gasteiger partial charge >= 0.3 is 5.97 Å². The Kier molecular flexibility index (Phi) is 6.49. The Morgan fingerprint density at radius 2 is 1.90 bits per heavy atom.